The summed E-state index contributed by atoms with van der Waals surface area (Å²) in [6, 6.07) is 7.16. The van der Waals surface area contributed by atoms with Crippen LogP contribution in [0.3, 0.4) is 0 Å². The third kappa shape index (κ3) is 7.38. The molecule has 1 saturated carbocycles. The number of ether oxygens (including phenoxy) is 1. The van der Waals surface area contributed by atoms with Gasteiger partial charge in [0.05, 0.1) is 6.42 Å². The Bertz CT molecular complexity index is 592. The van der Waals surface area contributed by atoms with Crippen LogP contribution < -0.4 is 5.32 Å². The predicted molar refractivity (Wildman–Crippen MR) is 98.3 cm³/mol. The number of hydrogen-bond acceptors (Lipinski definition) is 4. The van der Waals surface area contributed by atoms with Gasteiger partial charge in [-0.25, -0.2) is 0 Å². The number of benzene rings is 1. The van der Waals surface area contributed by atoms with Crippen molar-refractivity contribution in [2.75, 3.05) is 6.61 Å². The zero-order valence-electron chi connectivity index (χ0n) is 14.3. The van der Waals surface area contributed by atoms with Gasteiger partial charge in [0.2, 0.25) is 0 Å². The van der Waals surface area contributed by atoms with Gasteiger partial charge in [0.15, 0.2) is 12.4 Å². The van der Waals surface area contributed by atoms with Gasteiger partial charge in [-0.2, -0.15) is 0 Å². The van der Waals surface area contributed by atoms with E-state index in [4.69, 9.17) is 4.74 Å². The highest BCUT2D eigenvalue weighted by atomic mass is 79.9. The first kappa shape index (κ1) is 19.6. The minimum Gasteiger partial charge on any atom is -0.456 e. The molecule has 5 nitrogen and oxygen atoms in total. The summed E-state index contributed by atoms with van der Waals surface area (Å²) in [6.07, 6.45) is 6.71. The minimum absolute atomic E-state index is 0.0222. The van der Waals surface area contributed by atoms with Crippen LogP contribution in [-0.2, 0) is 14.3 Å². The fourth-order valence-electron chi connectivity index (χ4n) is 2.91. The molecule has 136 valence electrons. The zero-order chi connectivity index (χ0) is 18.1. The highest BCUT2D eigenvalue weighted by molar-refractivity contribution is 9.10. The zero-order valence-corrected chi connectivity index (χ0v) is 15.8. The number of esters is 1. The van der Waals surface area contributed by atoms with E-state index in [2.05, 4.69) is 21.2 Å². The number of ketones is 1. The Hall–Kier alpha value is -1.69. The van der Waals surface area contributed by atoms with Crippen LogP contribution in [0.5, 0.6) is 0 Å². The van der Waals surface area contributed by atoms with Crippen LogP contribution in [-0.4, -0.2) is 30.3 Å². The van der Waals surface area contributed by atoms with Crippen LogP contribution in [0, 0.1) is 0 Å². The molecular formula is C19H24BrNO4. The van der Waals surface area contributed by atoms with E-state index < -0.39 is 5.97 Å². The van der Waals surface area contributed by atoms with E-state index in [-0.39, 0.29) is 37.2 Å². The second-order valence-electron chi connectivity index (χ2n) is 6.35. The molecule has 1 N–H and O–H groups in total. The topological polar surface area (TPSA) is 72.5 Å². The fraction of sp³-hybridized carbons (Fsp3) is 0.526. The maximum atomic E-state index is 12.0. The Balaban J connectivity index is 1.65. The number of carbonyl (C=O) groups excluding carboxylic acids is 3. The summed E-state index contributed by atoms with van der Waals surface area (Å²) in [4.78, 5) is 35.6. The first-order valence-electron chi connectivity index (χ1n) is 8.78. The Labute approximate surface area is 156 Å². The van der Waals surface area contributed by atoms with E-state index in [1.807, 2.05) is 0 Å². The standard InChI is InChI=1S/C19H24BrNO4/c20-15-9-7-14(8-10-15)17(22)11-12-19(24)25-13-18(23)21-16-5-3-1-2-4-6-16/h7-10,16H,1-6,11-13H2,(H,21,23). The number of rotatable bonds is 7. The van der Waals surface area contributed by atoms with Gasteiger partial charge in [-0.3, -0.25) is 14.4 Å². The first-order chi connectivity index (χ1) is 12.0. The average molecular weight is 410 g/mol. The van der Waals surface area contributed by atoms with Crippen LogP contribution in [0.25, 0.3) is 0 Å². The predicted octanol–water partition coefficient (Wildman–Crippen LogP) is 3.79. The quantitative estimate of drug-likeness (QED) is 0.422. The number of carbonyl (C=O) groups is 3. The summed E-state index contributed by atoms with van der Waals surface area (Å²) in [5.41, 5.74) is 0.558. The van der Waals surface area contributed by atoms with Gasteiger partial charge in [-0.15, -0.1) is 0 Å². The minimum atomic E-state index is -0.526. The van der Waals surface area contributed by atoms with Crippen LogP contribution in [0.15, 0.2) is 28.7 Å². The molecule has 1 aromatic rings. The number of hydrogen-bond donors (Lipinski definition) is 1. The summed E-state index contributed by atoms with van der Waals surface area (Å²) in [7, 11) is 0. The molecule has 1 amide bonds. The lowest BCUT2D eigenvalue weighted by atomic mass is 10.1. The van der Waals surface area contributed by atoms with Crippen molar-refractivity contribution >= 4 is 33.6 Å². The lowest BCUT2D eigenvalue weighted by Gasteiger charge is -2.16. The molecule has 0 heterocycles. The van der Waals surface area contributed by atoms with Gasteiger partial charge in [0.1, 0.15) is 0 Å². The Morgan fingerprint density at radius 1 is 1.00 bits per heavy atom. The Morgan fingerprint density at radius 2 is 1.64 bits per heavy atom. The van der Waals surface area contributed by atoms with E-state index in [0.29, 0.717) is 5.56 Å². The number of halogens is 1. The molecule has 0 unspecified atom stereocenters. The fourth-order valence-corrected chi connectivity index (χ4v) is 3.17. The van der Waals surface area contributed by atoms with Gasteiger partial charge in [0, 0.05) is 22.5 Å². The molecule has 0 radical (unpaired) electrons. The van der Waals surface area contributed by atoms with Crippen molar-refractivity contribution in [3.05, 3.63) is 34.3 Å². The third-order valence-corrected chi connectivity index (χ3v) is 4.84. The van der Waals surface area contributed by atoms with Crippen molar-refractivity contribution in [2.24, 2.45) is 0 Å². The molecule has 0 saturated heterocycles. The SMILES string of the molecule is O=C(COC(=O)CCC(=O)c1ccc(Br)cc1)NC1CCCCCC1. The Morgan fingerprint density at radius 3 is 2.28 bits per heavy atom. The lowest BCUT2D eigenvalue weighted by Crippen LogP contribution is -2.37. The molecular weight excluding hydrogens is 386 g/mol. The maximum absolute atomic E-state index is 12.0. The second kappa shape index (κ2) is 10.3. The normalized spacial score (nSPS) is 15.2. The molecule has 2 rings (SSSR count). The molecule has 1 fully saturated rings. The van der Waals surface area contributed by atoms with Crippen molar-refractivity contribution < 1.29 is 19.1 Å². The highest BCUT2D eigenvalue weighted by Gasteiger charge is 2.16. The van der Waals surface area contributed by atoms with E-state index in [1.54, 1.807) is 24.3 Å². The Kier molecular flexibility index (Phi) is 8.12. The molecule has 25 heavy (non-hydrogen) atoms. The van der Waals surface area contributed by atoms with E-state index in [0.717, 1.165) is 30.2 Å². The molecule has 1 aliphatic rings. The summed E-state index contributed by atoms with van der Waals surface area (Å²) >= 11 is 3.31. The molecule has 1 aliphatic carbocycles. The molecule has 0 spiro atoms. The van der Waals surface area contributed by atoms with Crippen LogP contribution in [0.1, 0.15) is 61.7 Å². The van der Waals surface area contributed by atoms with Gasteiger partial charge in [-0.05, 0) is 25.0 Å². The van der Waals surface area contributed by atoms with Gasteiger partial charge in [-0.1, -0.05) is 53.7 Å². The summed E-state index contributed by atoms with van der Waals surface area (Å²) in [5, 5.41) is 2.92. The number of Topliss-reactive ketones (excluding diaryl/α,β-unsaturated/α-hetero) is 1. The third-order valence-electron chi connectivity index (χ3n) is 4.31. The summed E-state index contributed by atoms with van der Waals surface area (Å²) < 4.78 is 5.86. The average Bonchev–Trinajstić information content (AvgIpc) is 2.87. The van der Waals surface area contributed by atoms with Gasteiger partial charge < -0.3 is 10.1 Å². The van der Waals surface area contributed by atoms with E-state index in [1.165, 1.54) is 12.8 Å². The maximum Gasteiger partial charge on any atom is 0.306 e. The van der Waals surface area contributed by atoms with Crippen molar-refractivity contribution in [1.29, 1.82) is 0 Å². The molecule has 0 aliphatic heterocycles. The van der Waals surface area contributed by atoms with Crippen molar-refractivity contribution in [3.63, 3.8) is 0 Å². The monoisotopic (exact) mass is 409 g/mol. The summed E-state index contributed by atoms with van der Waals surface area (Å²) in [6.45, 7) is -0.276. The smallest absolute Gasteiger partial charge is 0.306 e. The van der Waals surface area contributed by atoms with E-state index in [9.17, 15) is 14.4 Å². The van der Waals surface area contributed by atoms with Crippen molar-refractivity contribution in [1.82, 2.24) is 5.32 Å². The van der Waals surface area contributed by atoms with Crippen molar-refractivity contribution in [3.8, 4) is 0 Å². The summed E-state index contributed by atoms with van der Waals surface area (Å²) in [5.74, 6) is -0.909. The van der Waals surface area contributed by atoms with Gasteiger partial charge in [0.25, 0.3) is 5.91 Å². The molecule has 0 atom stereocenters. The van der Waals surface area contributed by atoms with Crippen LogP contribution in [0.2, 0.25) is 0 Å². The molecule has 0 bridgehead atoms. The highest BCUT2D eigenvalue weighted by Crippen LogP contribution is 2.17. The molecule has 0 aromatic heterocycles. The molecule has 6 heteroatoms. The van der Waals surface area contributed by atoms with Gasteiger partial charge >= 0.3 is 5.97 Å². The second-order valence-corrected chi connectivity index (χ2v) is 7.26. The largest absolute Gasteiger partial charge is 0.456 e. The number of nitrogens with one attached hydrogen (secondary N) is 1. The number of amides is 1. The van der Waals surface area contributed by atoms with Crippen LogP contribution >= 0.6 is 15.9 Å². The van der Waals surface area contributed by atoms with Crippen molar-refractivity contribution in [2.45, 2.75) is 57.4 Å². The van der Waals surface area contributed by atoms with Crippen LogP contribution in [0.4, 0.5) is 0 Å². The first-order valence-corrected chi connectivity index (χ1v) is 9.57. The lowest BCUT2D eigenvalue weighted by molar-refractivity contribution is -0.148. The van der Waals surface area contributed by atoms with E-state index >= 15 is 0 Å². The molecule has 1 aromatic carbocycles.